The minimum absolute atomic E-state index is 0.00830. The zero-order valence-corrected chi connectivity index (χ0v) is 16.2. The fourth-order valence-electron chi connectivity index (χ4n) is 3.38. The number of aromatic nitrogens is 1. The summed E-state index contributed by atoms with van der Waals surface area (Å²) >= 11 is 7.74. The Balaban J connectivity index is 1.64. The summed E-state index contributed by atoms with van der Waals surface area (Å²) in [6.45, 7) is 0.530. The van der Waals surface area contributed by atoms with Crippen molar-refractivity contribution in [3.63, 3.8) is 0 Å². The van der Waals surface area contributed by atoms with Gasteiger partial charge >= 0.3 is 0 Å². The van der Waals surface area contributed by atoms with E-state index in [1.165, 1.54) is 11.8 Å². The van der Waals surface area contributed by atoms with Crippen LogP contribution in [0, 0.1) is 11.3 Å². The molecule has 1 aromatic heterocycles. The van der Waals surface area contributed by atoms with Gasteiger partial charge in [-0.1, -0.05) is 29.3 Å². The van der Waals surface area contributed by atoms with E-state index >= 15 is 0 Å². The molecular formula is C20H16ClN3O2S. The lowest BCUT2D eigenvalue weighted by Crippen LogP contribution is -2.34. The summed E-state index contributed by atoms with van der Waals surface area (Å²) in [5.74, 6) is 0.651. The van der Waals surface area contributed by atoms with Crippen molar-refractivity contribution in [2.24, 2.45) is 0 Å². The Hall–Kier alpha value is -2.49. The zero-order chi connectivity index (χ0) is 19.0. The number of carbonyl (C=O) groups excluding carboxylic acids is 1. The number of ether oxygens (including phenoxy) is 1. The van der Waals surface area contributed by atoms with Crippen LogP contribution in [0.4, 0.5) is 5.69 Å². The quantitative estimate of drug-likeness (QED) is 0.757. The fraction of sp³-hybridized carbons (Fsp3) is 0.250. The molecule has 1 amide bonds. The van der Waals surface area contributed by atoms with Gasteiger partial charge in [-0.15, -0.1) is 11.8 Å². The van der Waals surface area contributed by atoms with E-state index in [0.717, 1.165) is 16.9 Å². The third kappa shape index (κ3) is 3.18. The highest BCUT2D eigenvalue weighted by Gasteiger charge is 2.36. The molecular weight excluding hydrogens is 382 g/mol. The zero-order valence-electron chi connectivity index (χ0n) is 14.6. The molecule has 5 nitrogen and oxygen atoms in total. The first-order valence-electron chi connectivity index (χ1n) is 8.53. The Morgan fingerprint density at radius 1 is 1.41 bits per heavy atom. The van der Waals surface area contributed by atoms with Crippen LogP contribution in [-0.4, -0.2) is 29.8 Å². The molecule has 0 bridgehead atoms. The van der Waals surface area contributed by atoms with E-state index in [9.17, 15) is 10.1 Å². The number of hydrogen-bond acceptors (Lipinski definition) is 5. The summed E-state index contributed by atoms with van der Waals surface area (Å²) in [6.07, 6.45) is 2.95. The third-order valence-electron chi connectivity index (χ3n) is 4.74. The highest BCUT2D eigenvalue weighted by molar-refractivity contribution is 8.09. The number of anilines is 1. The van der Waals surface area contributed by atoms with Crippen LogP contribution < -0.4 is 9.64 Å². The monoisotopic (exact) mass is 397 g/mol. The summed E-state index contributed by atoms with van der Waals surface area (Å²) in [5, 5.41) is 9.74. The maximum Gasteiger partial charge on any atom is 0.240 e. The molecule has 4 rings (SSSR count). The molecule has 27 heavy (non-hydrogen) atoms. The van der Waals surface area contributed by atoms with Crippen molar-refractivity contribution < 1.29 is 9.53 Å². The summed E-state index contributed by atoms with van der Waals surface area (Å²) in [7, 11) is 1.74. The summed E-state index contributed by atoms with van der Waals surface area (Å²) in [5.41, 5.74) is 2.89. The van der Waals surface area contributed by atoms with Crippen molar-refractivity contribution in [1.29, 1.82) is 5.26 Å². The van der Waals surface area contributed by atoms with Crippen LogP contribution in [0.3, 0.4) is 0 Å². The number of hydrogen-bond donors (Lipinski definition) is 0. The summed E-state index contributed by atoms with van der Waals surface area (Å²) in [6, 6.07) is 11.2. The number of thioether (sulfide) groups is 1. The van der Waals surface area contributed by atoms with Gasteiger partial charge in [-0.05, 0) is 24.6 Å². The second-order valence-corrected chi connectivity index (χ2v) is 7.96. The van der Waals surface area contributed by atoms with Crippen LogP contribution in [0.15, 0.2) is 42.1 Å². The van der Waals surface area contributed by atoms with Crippen LogP contribution in [0.5, 0.6) is 5.75 Å². The van der Waals surface area contributed by atoms with Crippen molar-refractivity contribution in [1.82, 2.24) is 4.98 Å². The second kappa shape index (κ2) is 7.26. The van der Waals surface area contributed by atoms with E-state index < -0.39 is 0 Å². The molecule has 1 unspecified atom stereocenters. The number of benzene rings is 1. The average Bonchev–Trinajstić information content (AvgIpc) is 3.02. The number of rotatable bonds is 2. The van der Waals surface area contributed by atoms with Crippen molar-refractivity contribution >= 4 is 39.9 Å². The van der Waals surface area contributed by atoms with Gasteiger partial charge in [-0.25, -0.2) is 4.98 Å². The topological polar surface area (TPSA) is 66.2 Å². The summed E-state index contributed by atoms with van der Waals surface area (Å²) in [4.78, 5) is 19.8. The molecule has 0 spiro atoms. The molecule has 0 N–H and O–H groups in total. The number of amides is 1. The molecule has 1 aromatic carbocycles. The third-order valence-corrected chi connectivity index (χ3v) is 6.44. The van der Waals surface area contributed by atoms with Gasteiger partial charge in [0.15, 0.2) is 5.69 Å². The Kier molecular flexibility index (Phi) is 4.81. The van der Waals surface area contributed by atoms with Crippen molar-refractivity contribution in [2.75, 3.05) is 18.6 Å². The highest BCUT2D eigenvalue weighted by atomic mass is 35.5. The highest BCUT2D eigenvalue weighted by Crippen LogP contribution is 2.50. The van der Waals surface area contributed by atoms with E-state index in [0.29, 0.717) is 40.7 Å². The maximum atomic E-state index is 13.1. The number of para-hydroxylation sites is 1. The molecule has 3 heterocycles. The van der Waals surface area contributed by atoms with E-state index in [1.807, 2.05) is 18.2 Å². The fourth-order valence-corrected chi connectivity index (χ4v) is 5.14. The van der Waals surface area contributed by atoms with Gasteiger partial charge in [-0.3, -0.25) is 4.79 Å². The second-order valence-electron chi connectivity index (χ2n) is 6.33. The van der Waals surface area contributed by atoms with Gasteiger partial charge in [0.05, 0.1) is 28.1 Å². The first-order valence-corrected chi connectivity index (χ1v) is 9.79. The molecule has 2 aliphatic heterocycles. The lowest BCUT2D eigenvalue weighted by Gasteiger charge is -2.22. The molecule has 0 fully saturated rings. The number of carbonyl (C=O) groups is 1. The van der Waals surface area contributed by atoms with Gasteiger partial charge in [0.25, 0.3) is 0 Å². The van der Waals surface area contributed by atoms with Crippen LogP contribution in [0.25, 0.3) is 4.91 Å². The average molecular weight is 398 g/mol. The molecule has 7 heteroatoms. The number of nitrogens with zero attached hydrogens (tertiary/aromatic N) is 3. The van der Waals surface area contributed by atoms with Gasteiger partial charge in [0.2, 0.25) is 5.91 Å². The Labute approximate surface area is 166 Å². The number of halogens is 1. The number of fused-ring (bicyclic) bond motifs is 2. The van der Waals surface area contributed by atoms with Crippen LogP contribution >= 0.6 is 23.4 Å². The Bertz CT molecular complexity index is 999. The summed E-state index contributed by atoms with van der Waals surface area (Å²) < 4.78 is 5.80. The Morgan fingerprint density at radius 3 is 3.00 bits per heavy atom. The van der Waals surface area contributed by atoms with Crippen LogP contribution in [-0.2, 0) is 4.79 Å². The minimum Gasteiger partial charge on any atom is -0.492 e. The predicted molar refractivity (Wildman–Crippen MR) is 107 cm³/mol. The molecule has 0 radical (unpaired) electrons. The van der Waals surface area contributed by atoms with Crippen molar-refractivity contribution in [2.45, 2.75) is 18.1 Å². The predicted octanol–water partition coefficient (Wildman–Crippen LogP) is 4.27. The molecule has 2 aromatic rings. The van der Waals surface area contributed by atoms with Crippen molar-refractivity contribution in [3.8, 4) is 11.8 Å². The van der Waals surface area contributed by atoms with E-state index in [4.69, 9.17) is 16.3 Å². The van der Waals surface area contributed by atoms with E-state index in [1.54, 1.807) is 30.3 Å². The SMILES string of the molecule is CN(C(=O)C1CC2=C(S1)c1c(ccnc1C#N)OCC2)c1ccccc1Cl. The Morgan fingerprint density at radius 2 is 2.22 bits per heavy atom. The molecule has 2 aliphatic rings. The van der Waals surface area contributed by atoms with Gasteiger partial charge in [-0.2, -0.15) is 5.26 Å². The largest absolute Gasteiger partial charge is 0.492 e. The lowest BCUT2D eigenvalue weighted by atomic mass is 10.0. The van der Waals surface area contributed by atoms with E-state index in [2.05, 4.69) is 11.1 Å². The standard InChI is InChI=1S/C20H16ClN3O2S/c1-24(15-5-3-2-4-13(15)21)20(25)17-10-12-7-9-26-16-6-8-23-14(11-22)18(16)19(12)27-17/h2-6,8,17H,7,9-10H2,1H3. The molecule has 1 atom stereocenters. The normalized spacial score (nSPS) is 18.0. The van der Waals surface area contributed by atoms with Gasteiger partial charge in [0, 0.05) is 24.6 Å². The van der Waals surface area contributed by atoms with Gasteiger partial charge < -0.3 is 9.64 Å². The maximum absolute atomic E-state index is 13.1. The lowest BCUT2D eigenvalue weighted by molar-refractivity contribution is -0.117. The molecule has 0 saturated heterocycles. The molecule has 0 saturated carbocycles. The molecule has 136 valence electrons. The minimum atomic E-state index is -0.256. The first-order chi connectivity index (χ1) is 13.1. The number of pyridine rings is 1. The van der Waals surface area contributed by atoms with E-state index in [-0.39, 0.29) is 11.2 Å². The number of nitriles is 1. The molecule has 0 aliphatic carbocycles. The van der Waals surface area contributed by atoms with Gasteiger partial charge in [0.1, 0.15) is 11.8 Å². The first kappa shape index (κ1) is 17.9. The van der Waals surface area contributed by atoms with Crippen LogP contribution in [0.1, 0.15) is 24.1 Å². The smallest absolute Gasteiger partial charge is 0.240 e. The van der Waals surface area contributed by atoms with Crippen LogP contribution in [0.2, 0.25) is 5.02 Å². The van der Waals surface area contributed by atoms with Crippen molar-refractivity contribution in [3.05, 3.63) is 58.4 Å².